The Hall–Kier alpha value is 0.167. The van der Waals surface area contributed by atoms with E-state index in [4.69, 9.17) is 16.3 Å². The first-order valence-electron chi connectivity index (χ1n) is 4.46. The van der Waals surface area contributed by atoms with E-state index in [0.717, 1.165) is 10.7 Å². The van der Waals surface area contributed by atoms with Crippen LogP contribution in [0.4, 0.5) is 0 Å². The third-order valence-corrected chi connectivity index (χ3v) is 5.67. The first-order chi connectivity index (χ1) is 6.56. The van der Waals surface area contributed by atoms with E-state index in [0.29, 0.717) is 0 Å². The smallest absolute Gasteiger partial charge is 0.120 e. The largest absolute Gasteiger partial charge is 0.369 e. The first kappa shape index (κ1) is 12.2. The Morgan fingerprint density at radius 3 is 2.36 bits per heavy atom. The van der Waals surface area contributed by atoms with Crippen molar-refractivity contribution in [2.75, 3.05) is 12.3 Å². The van der Waals surface area contributed by atoms with Crippen LogP contribution in [0.1, 0.15) is 0 Å². The number of rotatable bonds is 4. The summed E-state index contributed by atoms with van der Waals surface area (Å²) < 4.78 is 6.41. The van der Waals surface area contributed by atoms with Gasteiger partial charge in [-0.05, 0) is 12.1 Å². The van der Waals surface area contributed by atoms with E-state index in [2.05, 4.69) is 53.3 Å². The first-order valence-corrected chi connectivity index (χ1v) is 8.99. The maximum absolute atomic E-state index is 5.51. The fourth-order valence-electron chi connectivity index (χ4n) is 1.28. The van der Waals surface area contributed by atoms with Crippen molar-refractivity contribution in [2.45, 2.75) is 13.1 Å². The molecule has 0 aliphatic carbocycles. The van der Waals surface area contributed by atoms with Gasteiger partial charge in [-0.1, -0.05) is 57.9 Å². The van der Waals surface area contributed by atoms with E-state index in [9.17, 15) is 0 Å². The zero-order valence-corrected chi connectivity index (χ0v) is 11.7. The SMILES string of the molecule is C[Si](C)(COCCl)c1ccc(Br)cc1. The third kappa shape index (κ3) is 3.39. The van der Waals surface area contributed by atoms with Crippen LogP contribution in [0, 0.1) is 0 Å². The molecular formula is C10H14BrClOSi. The van der Waals surface area contributed by atoms with E-state index >= 15 is 0 Å². The summed E-state index contributed by atoms with van der Waals surface area (Å²) >= 11 is 8.94. The van der Waals surface area contributed by atoms with Crippen LogP contribution < -0.4 is 5.19 Å². The summed E-state index contributed by atoms with van der Waals surface area (Å²) in [6, 6.07) is 8.75. The monoisotopic (exact) mass is 292 g/mol. The van der Waals surface area contributed by atoms with E-state index in [1.807, 2.05) is 0 Å². The molecule has 0 fully saturated rings. The Labute approximate surface area is 99.6 Å². The minimum atomic E-state index is -1.45. The molecule has 78 valence electrons. The number of benzene rings is 1. The molecule has 0 aromatic heterocycles. The summed E-state index contributed by atoms with van der Waals surface area (Å²) in [6.07, 6.45) is 0.776. The molecule has 1 aromatic rings. The van der Waals surface area contributed by atoms with Crippen molar-refractivity contribution in [3.05, 3.63) is 28.7 Å². The molecular weight excluding hydrogens is 280 g/mol. The molecule has 0 aliphatic heterocycles. The number of halogens is 2. The molecule has 0 unspecified atom stereocenters. The van der Waals surface area contributed by atoms with E-state index in [-0.39, 0.29) is 6.07 Å². The van der Waals surface area contributed by atoms with Crippen LogP contribution in [-0.4, -0.2) is 20.4 Å². The lowest BCUT2D eigenvalue weighted by Gasteiger charge is -2.22. The molecule has 1 rings (SSSR count). The minimum Gasteiger partial charge on any atom is -0.369 e. The zero-order valence-electron chi connectivity index (χ0n) is 8.39. The van der Waals surface area contributed by atoms with Gasteiger partial charge in [0.15, 0.2) is 0 Å². The molecule has 0 saturated heterocycles. The van der Waals surface area contributed by atoms with Gasteiger partial charge in [0, 0.05) is 10.7 Å². The average molecular weight is 294 g/mol. The minimum absolute atomic E-state index is 0.285. The second-order valence-corrected chi connectivity index (χ2v) is 9.62. The molecule has 4 heteroatoms. The van der Waals surface area contributed by atoms with E-state index in [1.54, 1.807) is 0 Å². The lowest BCUT2D eigenvalue weighted by molar-refractivity contribution is 0.225. The van der Waals surface area contributed by atoms with Crippen LogP contribution in [0.2, 0.25) is 13.1 Å². The highest BCUT2D eigenvalue weighted by molar-refractivity contribution is 9.10. The van der Waals surface area contributed by atoms with Crippen LogP contribution in [0.3, 0.4) is 0 Å². The molecule has 0 aliphatic rings. The molecule has 1 nitrogen and oxygen atoms in total. The summed E-state index contributed by atoms with van der Waals surface area (Å²) in [5, 5.41) is 1.39. The molecule has 0 saturated carbocycles. The van der Waals surface area contributed by atoms with Gasteiger partial charge in [-0.2, -0.15) is 0 Å². The van der Waals surface area contributed by atoms with Gasteiger partial charge in [-0.25, -0.2) is 0 Å². The molecule has 0 spiro atoms. The van der Waals surface area contributed by atoms with Crippen molar-refractivity contribution in [2.24, 2.45) is 0 Å². The highest BCUT2D eigenvalue weighted by atomic mass is 79.9. The van der Waals surface area contributed by atoms with E-state index in [1.165, 1.54) is 5.19 Å². The molecule has 0 atom stereocenters. The molecule has 14 heavy (non-hydrogen) atoms. The van der Waals surface area contributed by atoms with Gasteiger partial charge >= 0.3 is 0 Å². The van der Waals surface area contributed by atoms with Crippen LogP contribution >= 0.6 is 27.5 Å². The molecule has 0 heterocycles. The molecule has 0 bridgehead atoms. The average Bonchev–Trinajstić information content (AvgIpc) is 2.16. The molecule has 1 aromatic carbocycles. The zero-order chi connectivity index (χ0) is 10.6. The standard InChI is InChI=1S/C10H14BrClOSi/c1-14(2,8-13-7-12)10-5-3-9(11)4-6-10/h3-6H,7-8H2,1-2H3. The van der Waals surface area contributed by atoms with Gasteiger partial charge in [-0.3, -0.25) is 0 Å². The van der Waals surface area contributed by atoms with Crippen molar-refractivity contribution in [1.82, 2.24) is 0 Å². The summed E-state index contributed by atoms with van der Waals surface area (Å²) in [4.78, 5) is 0. The van der Waals surface area contributed by atoms with Crippen molar-refractivity contribution in [3.63, 3.8) is 0 Å². The van der Waals surface area contributed by atoms with Gasteiger partial charge in [0.25, 0.3) is 0 Å². The van der Waals surface area contributed by atoms with Gasteiger partial charge in [0.05, 0.1) is 0 Å². The number of alkyl halides is 1. The van der Waals surface area contributed by atoms with Crippen molar-refractivity contribution < 1.29 is 4.74 Å². The van der Waals surface area contributed by atoms with Crippen molar-refractivity contribution in [3.8, 4) is 0 Å². The highest BCUT2D eigenvalue weighted by Gasteiger charge is 2.23. The Morgan fingerprint density at radius 1 is 1.29 bits per heavy atom. The maximum Gasteiger partial charge on any atom is 0.120 e. The predicted octanol–water partition coefficient (Wildman–Crippen LogP) is 3.12. The Bertz CT molecular complexity index is 287. The molecule has 0 N–H and O–H groups in total. The molecule has 0 amide bonds. The fraction of sp³-hybridized carbons (Fsp3) is 0.400. The third-order valence-electron chi connectivity index (χ3n) is 2.17. The van der Waals surface area contributed by atoms with Crippen LogP contribution in [0.5, 0.6) is 0 Å². The van der Waals surface area contributed by atoms with Gasteiger partial charge in [0.2, 0.25) is 0 Å². The second-order valence-electron chi connectivity index (χ2n) is 3.85. The Kier molecular flexibility index (Phi) is 4.64. The fourth-order valence-corrected chi connectivity index (χ4v) is 3.60. The maximum atomic E-state index is 5.51. The number of hydrogen-bond acceptors (Lipinski definition) is 1. The normalized spacial score (nSPS) is 11.7. The van der Waals surface area contributed by atoms with Crippen LogP contribution in [0.25, 0.3) is 0 Å². The summed E-state index contributed by atoms with van der Waals surface area (Å²) in [6.45, 7) is 4.56. The van der Waals surface area contributed by atoms with Gasteiger partial charge in [-0.15, -0.1) is 0 Å². The molecule has 0 radical (unpaired) electrons. The summed E-state index contributed by atoms with van der Waals surface area (Å²) in [5.74, 6) is 0. The lowest BCUT2D eigenvalue weighted by atomic mass is 10.4. The van der Waals surface area contributed by atoms with Crippen LogP contribution in [0.15, 0.2) is 28.7 Å². The Balaban J connectivity index is 2.75. The quantitative estimate of drug-likeness (QED) is 0.612. The highest BCUT2D eigenvalue weighted by Crippen LogP contribution is 2.10. The van der Waals surface area contributed by atoms with Gasteiger partial charge < -0.3 is 4.74 Å². The lowest BCUT2D eigenvalue weighted by Crippen LogP contribution is -2.46. The number of ether oxygens (including phenoxy) is 1. The predicted molar refractivity (Wildman–Crippen MR) is 67.9 cm³/mol. The summed E-state index contributed by atoms with van der Waals surface area (Å²) in [5.41, 5.74) is 0. The van der Waals surface area contributed by atoms with Crippen molar-refractivity contribution >= 4 is 40.8 Å². The summed E-state index contributed by atoms with van der Waals surface area (Å²) in [7, 11) is -1.45. The Morgan fingerprint density at radius 2 is 1.86 bits per heavy atom. The van der Waals surface area contributed by atoms with Crippen LogP contribution in [-0.2, 0) is 4.74 Å². The number of hydrogen-bond donors (Lipinski definition) is 0. The van der Waals surface area contributed by atoms with E-state index < -0.39 is 8.07 Å². The van der Waals surface area contributed by atoms with Gasteiger partial charge in [0.1, 0.15) is 14.1 Å². The second kappa shape index (κ2) is 5.31. The van der Waals surface area contributed by atoms with Crippen molar-refractivity contribution in [1.29, 1.82) is 0 Å². The topological polar surface area (TPSA) is 9.23 Å².